The molecule has 3 heterocycles. The molecule has 3 rings (SSSR count). The number of carbonyl (C=O) groups is 1. The molecule has 1 aromatic heterocycles. The van der Waals surface area contributed by atoms with Crippen molar-refractivity contribution in [3.63, 3.8) is 0 Å². The van der Waals surface area contributed by atoms with Gasteiger partial charge in [-0.3, -0.25) is 9.69 Å². The second kappa shape index (κ2) is 8.58. The number of fused-ring (bicyclic) bond motifs is 1. The molecule has 0 saturated carbocycles. The van der Waals surface area contributed by atoms with Crippen molar-refractivity contribution in [1.29, 1.82) is 5.26 Å². The highest BCUT2D eigenvalue weighted by atomic mass is 35.5. The largest absolute Gasteiger partial charge is 0.468 e. The Balaban J connectivity index is 0.00000182. The summed E-state index contributed by atoms with van der Waals surface area (Å²) in [6.45, 7) is 5.47. The number of nitrogens with zero attached hydrogens (tertiary/aromatic N) is 3. The summed E-state index contributed by atoms with van der Waals surface area (Å²) < 4.78 is 20.5. The highest BCUT2D eigenvalue weighted by Crippen LogP contribution is 2.48. The number of esters is 1. The van der Waals surface area contributed by atoms with Crippen molar-refractivity contribution in [1.82, 2.24) is 15.2 Å². The van der Waals surface area contributed by atoms with Crippen molar-refractivity contribution in [3.05, 3.63) is 16.1 Å². The highest BCUT2D eigenvalue weighted by molar-refractivity contribution is 7.11. The third-order valence-corrected chi connectivity index (χ3v) is 6.59. The van der Waals surface area contributed by atoms with Gasteiger partial charge < -0.3 is 10.1 Å². The van der Waals surface area contributed by atoms with Crippen LogP contribution in [-0.2, 0) is 21.5 Å². The first-order valence-corrected chi connectivity index (χ1v) is 9.15. The maximum absolute atomic E-state index is 15.6. The fraction of sp³-hybridized carbons (Fsp3) is 0.706. The molecule has 2 aliphatic heterocycles. The minimum atomic E-state index is -1.63. The van der Waals surface area contributed by atoms with Crippen LogP contribution in [0.2, 0.25) is 0 Å². The van der Waals surface area contributed by atoms with E-state index in [2.05, 4.69) is 16.4 Å². The van der Waals surface area contributed by atoms with Gasteiger partial charge in [0, 0.05) is 37.3 Å². The number of carbonyl (C=O) groups excluding carboxylic acids is 1. The number of hydrogen-bond acceptors (Lipinski definition) is 7. The topological polar surface area (TPSA) is 78.2 Å². The van der Waals surface area contributed by atoms with E-state index in [9.17, 15) is 10.1 Å². The van der Waals surface area contributed by atoms with Gasteiger partial charge in [-0.1, -0.05) is 0 Å². The van der Waals surface area contributed by atoms with Gasteiger partial charge in [0.25, 0.3) is 0 Å². The third-order valence-electron chi connectivity index (χ3n) is 5.28. The van der Waals surface area contributed by atoms with E-state index >= 15 is 4.39 Å². The number of rotatable bonds is 4. The van der Waals surface area contributed by atoms with E-state index in [0.29, 0.717) is 26.1 Å². The molecule has 152 valence electrons. The van der Waals surface area contributed by atoms with Gasteiger partial charge in [-0.25, -0.2) is 9.37 Å². The Kier molecular flexibility index (Phi) is 7.64. The quantitative estimate of drug-likeness (QED) is 0.727. The van der Waals surface area contributed by atoms with E-state index in [4.69, 9.17) is 4.74 Å². The van der Waals surface area contributed by atoms with Crippen LogP contribution in [-0.4, -0.2) is 54.8 Å². The van der Waals surface area contributed by atoms with Gasteiger partial charge in [0.1, 0.15) is 15.8 Å². The Morgan fingerprint density at radius 3 is 2.85 bits per heavy atom. The maximum atomic E-state index is 15.6. The van der Waals surface area contributed by atoms with Gasteiger partial charge in [-0.15, -0.1) is 36.2 Å². The number of ether oxygens (including phenoxy) is 1. The maximum Gasteiger partial charge on any atom is 0.316 e. The number of likely N-dealkylation sites (tertiary alicyclic amines) is 1. The van der Waals surface area contributed by atoms with Crippen LogP contribution in [0.4, 0.5) is 4.39 Å². The van der Waals surface area contributed by atoms with Crippen LogP contribution in [0.15, 0.2) is 6.20 Å². The molecule has 2 aliphatic rings. The van der Waals surface area contributed by atoms with Crippen LogP contribution in [0.1, 0.15) is 30.2 Å². The lowest BCUT2D eigenvalue weighted by molar-refractivity contribution is -0.162. The van der Waals surface area contributed by atoms with E-state index in [0.717, 1.165) is 9.88 Å². The summed E-state index contributed by atoms with van der Waals surface area (Å²) in [6.07, 6.45) is 2.18. The average molecular weight is 439 g/mol. The Bertz CT molecular complexity index is 726. The predicted molar refractivity (Wildman–Crippen MR) is 106 cm³/mol. The summed E-state index contributed by atoms with van der Waals surface area (Å²) in [6, 6.07) is 2.24. The standard InChI is InChI=1S/C17H23FN4O2S.2ClH/c1-15(2,8-19)13-21-6-12(25-13)7-22-10-16(14(23)24-3)4-5-20-9-17(16,18)11-22;;/h6,20H,4-5,7,9-11H2,1-3H3;2*1H/t16-,17-;;/m0../s1. The van der Waals surface area contributed by atoms with Crippen LogP contribution in [0.25, 0.3) is 0 Å². The molecule has 2 fully saturated rings. The molecule has 0 spiro atoms. The lowest BCUT2D eigenvalue weighted by Gasteiger charge is -2.40. The summed E-state index contributed by atoms with van der Waals surface area (Å²) in [4.78, 5) is 19.7. The average Bonchev–Trinajstić information content (AvgIpc) is 3.16. The van der Waals surface area contributed by atoms with Crippen LogP contribution in [0.5, 0.6) is 0 Å². The minimum Gasteiger partial charge on any atom is -0.468 e. The van der Waals surface area contributed by atoms with Crippen molar-refractivity contribution in [2.75, 3.05) is 33.3 Å². The number of nitriles is 1. The first-order chi connectivity index (χ1) is 11.8. The predicted octanol–water partition coefficient (Wildman–Crippen LogP) is 2.46. The molecule has 2 atom stereocenters. The van der Waals surface area contributed by atoms with Gasteiger partial charge in [-0.05, 0) is 26.8 Å². The fourth-order valence-electron chi connectivity index (χ4n) is 3.80. The number of methoxy groups -OCH3 is 1. The second-order valence-corrected chi connectivity index (χ2v) is 8.59. The second-order valence-electron chi connectivity index (χ2n) is 7.48. The smallest absolute Gasteiger partial charge is 0.316 e. The Hall–Kier alpha value is -0.980. The molecular formula is C17H25Cl2FN4O2S. The highest BCUT2D eigenvalue weighted by Gasteiger charge is 2.64. The van der Waals surface area contributed by atoms with Crippen LogP contribution >= 0.6 is 36.2 Å². The number of nitrogens with one attached hydrogen (secondary N) is 1. The van der Waals surface area contributed by atoms with Crippen molar-refractivity contribution >= 4 is 42.1 Å². The van der Waals surface area contributed by atoms with E-state index in [-0.39, 0.29) is 37.9 Å². The van der Waals surface area contributed by atoms with Crippen LogP contribution in [0, 0.1) is 16.7 Å². The molecule has 0 bridgehead atoms. The molecule has 1 aromatic rings. The third kappa shape index (κ3) is 4.08. The van der Waals surface area contributed by atoms with Crippen molar-refractivity contribution < 1.29 is 13.9 Å². The number of aromatic nitrogens is 1. The summed E-state index contributed by atoms with van der Waals surface area (Å²) in [5, 5.41) is 13.0. The molecule has 6 nitrogen and oxygen atoms in total. The number of hydrogen-bond donors (Lipinski definition) is 1. The lowest BCUT2D eigenvalue weighted by Crippen LogP contribution is -2.60. The van der Waals surface area contributed by atoms with E-state index in [1.165, 1.54) is 18.4 Å². The van der Waals surface area contributed by atoms with Crippen molar-refractivity contribution in [2.24, 2.45) is 5.41 Å². The Morgan fingerprint density at radius 1 is 1.52 bits per heavy atom. The number of thiazole rings is 1. The van der Waals surface area contributed by atoms with Gasteiger partial charge in [0.2, 0.25) is 0 Å². The SMILES string of the molecule is COC(=O)[C@@]12CCNC[C@]1(F)CN(Cc1cnc(C(C)(C)C#N)s1)C2.Cl.Cl. The normalized spacial score (nSPS) is 27.7. The van der Waals surface area contributed by atoms with Gasteiger partial charge in [0.15, 0.2) is 5.67 Å². The number of alkyl halides is 1. The molecule has 0 aliphatic carbocycles. The van der Waals surface area contributed by atoms with Gasteiger partial charge in [-0.2, -0.15) is 5.26 Å². The van der Waals surface area contributed by atoms with E-state index in [1.54, 1.807) is 6.20 Å². The molecule has 0 unspecified atom stereocenters. The van der Waals surface area contributed by atoms with Crippen molar-refractivity contribution in [3.8, 4) is 6.07 Å². The van der Waals surface area contributed by atoms with Gasteiger partial charge >= 0.3 is 5.97 Å². The minimum absolute atomic E-state index is 0. The number of piperidine rings is 1. The zero-order valence-corrected chi connectivity index (χ0v) is 18.0. The molecule has 0 radical (unpaired) electrons. The van der Waals surface area contributed by atoms with Crippen LogP contribution in [0.3, 0.4) is 0 Å². The summed E-state index contributed by atoms with van der Waals surface area (Å²) >= 11 is 1.47. The molecule has 10 heteroatoms. The molecule has 2 saturated heterocycles. The summed E-state index contributed by atoms with van der Waals surface area (Å²) in [5.74, 6) is -0.463. The molecule has 27 heavy (non-hydrogen) atoms. The van der Waals surface area contributed by atoms with E-state index in [1.807, 2.05) is 18.7 Å². The Labute approximate surface area is 175 Å². The monoisotopic (exact) mass is 438 g/mol. The van der Waals surface area contributed by atoms with Crippen LogP contribution < -0.4 is 5.32 Å². The van der Waals surface area contributed by atoms with Crippen molar-refractivity contribution in [2.45, 2.75) is 37.9 Å². The molecular weight excluding hydrogens is 414 g/mol. The zero-order chi connectivity index (χ0) is 18.3. The fourth-order valence-corrected chi connectivity index (χ4v) is 4.80. The number of halogens is 3. The summed E-state index contributed by atoms with van der Waals surface area (Å²) in [7, 11) is 1.32. The molecule has 1 N–H and O–H groups in total. The molecule has 0 aromatic carbocycles. The molecule has 0 amide bonds. The zero-order valence-electron chi connectivity index (χ0n) is 15.6. The van der Waals surface area contributed by atoms with E-state index < -0.39 is 22.5 Å². The Morgan fingerprint density at radius 2 is 2.22 bits per heavy atom. The summed E-state index contributed by atoms with van der Waals surface area (Å²) in [5.41, 5.74) is -3.37. The van der Waals surface area contributed by atoms with Gasteiger partial charge in [0.05, 0.1) is 13.2 Å². The first-order valence-electron chi connectivity index (χ1n) is 8.33. The first kappa shape index (κ1) is 24.1. The lowest BCUT2D eigenvalue weighted by atomic mass is 9.71.